The number of hydrogen-bond donors (Lipinski definition) is 2. The number of benzene rings is 2. The first-order chi connectivity index (χ1) is 18.7. The number of nitrogens with zero attached hydrogens (tertiary/aromatic N) is 5. The molecule has 1 amide bonds. The van der Waals surface area contributed by atoms with E-state index < -0.39 is 0 Å². The average molecular weight is 498 g/mol. The standard InChI is InChI=1S/C30H23N7O/c31-27-25(9-5-15-33-27)28-36-26-16-23(22-8-4-14-32-18-22)19-34-29(26)37(28)24-12-10-20(11-13-24)17-35-30(38)21-6-2-1-3-7-21/h1-16,18-19H,17H2,(H2,31,33)(H,35,38). The molecule has 38 heavy (non-hydrogen) atoms. The van der Waals surface area contributed by atoms with Crippen LogP contribution in [0.4, 0.5) is 5.82 Å². The van der Waals surface area contributed by atoms with Gasteiger partial charge in [-0.1, -0.05) is 36.4 Å². The number of carbonyl (C=O) groups excluding carboxylic acids is 1. The van der Waals surface area contributed by atoms with Crippen molar-refractivity contribution >= 4 is 22.9 Å². The highest BCUT2D eigenvalue weighted by Crippen LogP contribution is 2.32. The number of nitrogens with two attached hydrogens (primary N) is 1. The molecule has 2 aromatic carbocycles. The zero-order chi connectivity index (χ0) is 25.9. The summed E-state index contributed by atoms with van der Waals surface area (Å²) >= 11 is 0. The highest BCUT2D eigenvalue weighted by atomic mass is 16.1. The lowest BCUT2D eigenvalue weighted by Gasteiger charge is -2.11. The van der Waals surface area contributed by atoms with Gasteiger partial charge in [0.2, 0.25) is 0 Å². The smallest absolute Gasteiger partial charge is 0.251 e. The van der Waals surface area contributed by atoms with Gasteiger partial charge in [0.1, 0.15) is 11.3 Å². The number of fused-ring (bicyclic) bond motifs is 1. The van der Waals surface area contributed by atoms with Gasteiger partial charge in [-0.2, -0.15) is 0 Å². The van der Waals surface area contributed by atoms with Crippen LogP contribution in [0.5, 0.6) is 0 Å². The number of hydrogen-bond acceptors (Lipinski definition) is 6. The van der Waals surface area contributed by atoms with E-state index in [0.717, 1.165) is 27.9 Å². The Labute approximate surface area is 218 Å². The predicted octanol–water partition coefficient (Wildman–Crippen LogP) is 5.06. The number of carbonyl (C=O) groups is 1. The molecule has 0 aliphatic heterocycles. The summed E-state index contributed by atoms with van der Waals surface area (Å²) in [6, 6.07) is 26.7. The monoisotopic (exact) mass is 497 g/mol. The summed E-state index contributed by atoms with van der Waals surface area (Å²) in [6.45, 7) is 0.411. The Balaban J connectivity index is 1.37. The second kappa shape index (κ2) is 9.94. The molecule has 0 atom stereocenters. The molecule has 0 spiro atoms. The van der Waals surface area contributed by atoms with Crippen LogP contribution >= 0.6 is 0 Å². The normalized spacial score (nSPS) is 10.9. The number of rotatable bonds is 6. The van der Waals surface area contributed by atoms with Gasteiger partial charge in [0, 0.05) is 53.7 Å². The fraction of sp³-hybridized carbons (Fsp3) is 0.0333. The Morgan fingerprint density at radius 1 is 0.842 bits per heavy atom. The zero-order valence-electron chi connectivity index (χ0n) is 20.3. The summed E-state index contributed by atoms with van der Waals surface area (Å²) in [5.74, 6) is 0.918. The molecule has 4 aromatic heterocycles. The number of pyridine rings is 3. The quantitative estimate of drug-likeness (QED) is 0.333. The Morgan fingerprint density at radius 3 is 2.42 bits per heavy atom. The van der Waals surface area contributed by atoms with E-state index in [1.807, 2.05) is 83.6 Å². The van der Waals surface area contributed by atoms with Gasteiger partial charge in [0.05, 0.1) is 5.56 Å². The molecule has 0 aliphatic carbocycles. The minimum absolute atomic E-state index is 0.113. The van der Waals surface area contributed by atoms with Gasteiger partial charge in [-0.25, -0.2) is 15.0 Å². The van der Waals surface area contributed by atoms with Crippen LogP contribution in [0.25, 0.3) is 39.4 Å². The maximum Gasteiger partial charge on any atom is 0.251 e. The van der Waals surface area contributed by atoms with Crippen LogP contribution in [0, 0.1) is 0 Å². The number of aromatic nitrogens is 5. The van der Waals surface area contributed by atoms with Crippen LogP contribution in [0.15, 0.2) is 110 Å². The van der Waals surface area contributed by atoms with Crippen molar-refractivity contribution < 1.29 is 4.79 Å². The Bertz CT molecular complexity index is 1730. The van der Waals surface area contributed by atoms with E-state index in [1.165, 1.54) is 0 Å². The number of imidazole rings is 1. The van der Waals surface area contributed by atoms with Crippen LogP contribution in [0.2, 0.25) is 0 Å². The van der Waals surface area contributed by atoms with Gasteiger partial charge in [0.15, 0.2) is 11.5 Å². The molecular formula is C30H23N7O. The molecule has 0 saturated heterocycles. The molecule has 3 N–H and O–H groups in total. The third-order valence-electron chi connectivity index (χ3n) is 6.26. The summed E-state index contributed by atoms with van der Waals surface area (Å²) in [6.07, 6.45) is 7.02. The van der Waals surface area contributed by atoms with Crippen LogP contribution < -0.4 is 11.1 Å². The van der Waals surface area contributed by atoms with Crippen LogP contribution in [-0.4, -0.2) is 30.4 Å². The number of anilines is 1. The lowest BCUT2D eigenvalue weighted by molar-refractivity contribution is 0.0951. The summed E-state index contributed by atoms with van der Waals surface area (Å²) in [4.78, 5) is 30.6. The van der Waals surface area contributed by atoms with Crippen molar-refractivity contribution in [3.8, 4) is 28.2 Å². The molecule has 0 saturated carbocycles. The van der Waals surface area contributed by atoms with Gasteiger partial charge in [-0.05, 0) is 54.1 Å². The molecule has 4 heterocycles. The first kappa shape index (κ1) is 23.1. The van der Waals surface area contributed by atoms with Crippen LogP contribution in [0.1, 0.15) is 15.9 Å². The number of amides is 1. The third kappa shape index (κ3) is 4.46. The number of nitrogens with one attached hydrogen (secondary N) is 1. The molecule has 0 unspecified atom stereocenters. The molecule has 184 valence electrons. The van der Waals surface area contributed by atoms with Gasteiger partial charge < -0.3 is 11.1 Å². The SMILES string of the molecule is Nc1ncccc1-c1nc2cc(-c3cccnc3)cnc2n1-c1ccc(CNC(=O)c2ccccc2)cc1. The summed E-state index contributed by atoms with van der Waals surface area (Å²) < 4.78 is 1.97. The first-order valence-corrected chi connectivity index (χ1v) is 12.1. The molecule has 6 aromatic rings. The Kier molecular flexibility index (Phi) is 6.03. The molecule has 0 fully saturated rings. The van der Waals surface area contributed by atoms with Crippen LogP contribution in [-0.2, 0) is 6.54 Å². The minimum Gasteiger partial charge on any atom is -0.383 e. The largest absolute Gasteiger partial charge is 0.383 e. The fourth-order valence-electron chi connectivity index (χ4n) is 4.32. The molecule has 8 nitrogen and oxygen atoms in total. The molecule has 0 bridgehead atoms. The lowest BCUT2D eigenvalue weighted by Crippen LogP contribution is -2.22. The van der Waals surface area contributed by atoms with Crippen LogP contribution in [0.3, 0.4) is 0 Å². The van der Waals surface area contributed by atoms with E-state index >= 15 is 0 Å². The first-order valence-electron chi connectivity index (χ1n) is 12.1. The molecule has 6 rings (SSSR count). The van der Waals surface area contributed by atoms with Crippen molar-refractivity contribution in [3.63, 3.8) is 0 Å². The van der Waals surface area contributed by atoms with E-state index in [4.69, 9.17) is 15.7 Å². The summed E-state index contributed by atoms with van der Waals surface area (Å²) in [5.41, 5.74) is 12.7. The van der Waals surface area contributed by atoms with Crippen molar-refractivity contribution in [2.75, 3.05) is 5.73 Å². The molecular weight excluding hydrogens is 474 g/mol. The van der Waals surface area contributed by atoms with E-state index in [9.17, 15) is 4.79 Å². The second-order valence-corrected chi connectivity index (χ2v) is 8.73. The maximum atomic E-state index is 12.4. The van der Waals surface area contributed by atoms with Crippen molar-refractivity contribution in [2.45, 2.75) is 6.54 Å². The fourth-order valence-corrected chi connectivity index (χ4v) is 4.32. The van der Waals surface area contributed by atoms with E-state index in [-0.39, 0.29) is 5.91 Å². The van der Waals surface area contributed by atoms with Crippen molar-refractivity contribution in [1.29, 1.82) is 0 Å². The van der Waals surface area contributed by atoms with Gasteiger partial charge in [-0.3, -0.25) is 14.3 Å². The maximum absolute atomic E-state index is 12.4. The zero-order valence-corrected chi connectivity index (χ0v) is 20.3. The van der Waals surface area contributed by atoms with Gasteiger partial charge >= 0.3 is 0 Å². The van der Waals surface area contributed by atoms with Crippen molar-refractivity contribution in [2.24, 2.45) is 0 Å². The van der Waals surface area contributed by atoms with Gasteiger partial charge in [-0.15, -0.1) is 0 Å². The minimum atomic E-state index is -0.113. The Morgan fingerprint density at radius 2 is 1.66 bits per heavy atom. The van der Waals surface area contributed by atoms with Crippen molar-refractivity contribution in [3.05, 3.63) is 121 Å². The molecule has 0 aliphatic rings. The van der Waals surface area contributed by atoms with E-state index in [1.54, 1.807) is 30.7 Å². The van der Waals surface area contributed by atoms with Gasteiger partial charge in [0.25, 0.3) is 5.91 Å². The highest BCUT2D eigenvalue weighted by Gasteiger charge is 2.18. The molecule has 8 heteroatoms. The number of nitrogen functional groups attached to an aromatic ring is 1. The topological polar surface area (TPSA) is 112 Å². The van der Waals surface area contributed by atoms with E-state index in [2.05, 4.69) is 15.3 Å². The summed E-state index contributed by atoms with van der Waals surface area (Å²) in [5, 5.41) is 2.97. The average Bonchev–Trinajstić information content (AvgIpc) is 3.36. The highest BCUT2D eigenvalue weighted by molar-refractivity contribution is 5.94. The second-order valence-electron chi connectivity index (χ2n) is 8.73. The molecule has 0 radical (unpaired) electrons. The summed E-state index contributed by atoms with van der Waals surface area (Å²) in [7, 11) is 0. The Hall–Kier alpha value is -5.37. The van der Waals surface area contributed by atoms with Crippen molar-refractivity contribution in [1.82, 2.24) is 29.8 Å². The third-order valence-corrected chi connectivity index (χ3v) is 6.26. The predicted molar refractivity (Wildman–Crippen MR) is 147 cm³/mol. The lowest BCUT2D eigenvalue weighted by atomic mass is 10.1. The van der Waals surface area contributed by atoms with E-state index in [0.29, 0.717) is 35.0 Å².